The van der Waals surface area contributed by atoms with Gasteiger partial charge in [0.25, 0.3) is 0 Å². The highest BCUT2D eigenvalue weighted by Crippen LogP contribution is 2.48. The van der Waals surface area contributed by atoms with Gasteiger partial charge in [0.2, 0.25) is 0 Å². The van der Waals surface area contributed by atoms with Crippen LogP contribution < -0.4 is 0 Å². The van der Waals surface area contributed by atoms with Crippen molar-refractivity contribution in [3.8, 4) is 0 Å². The molecule has 0 unspecified atom stereocenters. The molecule has 0 aromatic heterocycles. The number of fused-ring (bicyclic) bond motifs is 1. The molecule has 24 heavy (non-hydrogen) atoms. The lowest BCUT2D eigenvalue weighted by Gasteiger charge is -2.37. The van der Waals surface area contributed by atoms with E-state index in [9.17, 15) is 19.2 Å². The molecule has 0 radical (unpaired) electrons. The number of rotatable bonds is 8. The van der Waals surface area contributed by atoms with Crippen LogP contribution in [0, 0.1) is 0 Å². The molecule has 0 amide bonds. The number of ether oxygens (including phenoxy) is 2. The molecule has 1 aliphatic carbocycles. The van der Waals surface area contributed by atoms with E-state index in [1.807, 2.05) is 0 Å². The third kappa shape index (κ3) is 4.31. The normalized spacial score (nSPS) is 18.0. The molecule has 8 heteroatoms. The molecule has 0 heterocycles. The van der Waals surface area contributed by atoms with E-state index in [0.717, 1.165) is 0 Å². The molecule has 1 aromatic rings. The van der Waals surface area contributed by atoms with Gasteiger partial charge in [0.1, 0.15) is 0 Å². The summed E-state index contributed by atoms with van der Waals surface area (Å²) in [7, 11) is 0. The Morgan fingerprint density at radius 1 is 0.750 bits per heavy atom. The summed E-state index contributed by atoms with van der Waals surface area (Å²) in [5.74, 6) is -3.64. The highest BCUT2D eigenvalue weighted by molar-refractivity contribution is 5.78. The zero-order valence-electron chi connectivity index (χ0n) is 12.6. The predicted octanol–water partition coefficient (Wildman–Crippen LogP) is 1.60. The van der Waals surface area contributed by atoms with Crippen LogP contribution in [0.3, 0.4) is 0 Å². The Bertz CT molecular complexity index is 609. The average molecular weight is 336 g/mol. The van der Waals surface area contributed by atoms with Crippen LogP contribution in [0.5, 0.6) is 0 Å². The Labute approximate surface area is 137 Å². The Kier molecular flexibility index (Phi) is 5.51. The van der Waals surface area contributed by atoms with Crippen molar-refractivity contribution in [2.24, 2.45) is 0 Å². The smallest absolute Gasteiger partial charge is 0.307 e. The van der Waals surface area contributed by atoms with Crippen molar-refractivity contribution in [3.05, 3.63) is 35.4 Å². The SMILES string of the molecule is O=C(O)CCC(=O)O[C@@H]1c2ccccc2[C@@H]1OC(=O)CCC(=O)O. The van der Waals surface area contributed by atoms with Crippen LogP contribution in [0.1, 0.15) is 49.0 Å². The van der Waals surface area contributed by atoms with Gasteiger partial charge in [0.15, 0.2) is 12.2 Å². The van der Waals surface area contributed by atoms with E-state index in [2.05, 4.69) is 0 Å². The molecule has 0 bridgehead atoms. The fourth-order valence-electron chi connectivity index (χ4n) is 2.33. The second-order valence-corrected chi connectivity index (χ2v) is 5.24. The quantitative estimate of drug-likeness (QED) is 0.685. The Balaban J connectivity index is 2.00. The minimum atomic E-state index is -1.11. The summed E-state index contributed by atoms with van der Waals surface area (Å²) in [6.45, 7) is 0. The van der Waals surface area contributed by atoms with E-state index in [4.69, 9.17) is 19.7 Å². The van der Waals surface area contributed by atoms with Crippen LogP contribution in [0.2, 0.25) is 0 Å². The number of hydrogen-bond donors (Lipinski definition) is 2. The molecule has 2 atom stereocenters. The molecule has 2 N–H and O–H groups in total. The van der Waals surface area contributed by atoms with Crippen LogP contribution in [0.4, 0.5) is 0 Å². The van der Waals surface area contributed by atoms with E-state index in [-0.39, 0.29) is 25.7 Å². The fraction of sp³-hybridized carbons (Fsp3) is 0.375. The second kappa shape index (κ2) is 7.58. The van der Waals surface area contributed by atoms with Crippen molar-refractivity contribution in [2.75, 3.05) is 0 Å². The highest BCUT2D eigenvalue weighted by Gasteiger charge is 2.43. The van der Waals surface area contributed by atoms with Crippen LogP contribution in [-0.2, 0) is 28.7 Å². The second-order valence-electron chi connectivity index (χ2n) is 5.24. The van der Waals surface area contributed by atoms with Gasteiger partial charge < -0.3 is 19.7 Å². The van der Waals surface area contributed by atoms with E-state index < -0.39 is 36.1 Å². The van der Waals surface area contributed by atoms with Gasteiger partial charge in [-0.3, -0.25) is 19.2 Å². The number of carbonyl (C=O) groups excluding carboxylic acids is 2. The monoisotopic (exact) mass is 336 g/mol. The molecule has 0 saturated heterocycles. The maximum Gasteiger partial charge on any atom is 0.307 e. The fourth-order valence-corrected chi connectivity index (χ4v) is 2.33. The molecule has 1 aromatic carbocycles. The topological polar surface area (TPSA) is 127 Å². The number of aliphatic carboxylic acids is 2. The number of carboxylic acid groups (broad SMARTS) is 2. The van der Waals surface area contributed by atoms with E-state index in [1.54, 1.807) is 24.3 Å². The van der Waals surface area contributed by atoms with Crippen LogP contribution in [0.15, 0.2) is 24.3 Å². The minimum absolute atomic E-state index is 0.284. The molecule has 0 saturated carbocycles. The first-order chi connectivity index (χ1) is 11.4. The maximum atomic E-state index is 11.7. The lowest BCUT2D eigenvalue weighted by Crippen LogP contribution is -2.32. The average Bonchev–Trinajstić information content (AvgIpc) is 2.54. The van der Waals surface area contributed by atoms with E-state index in [0.29, 0.717) is 11.1 Å². The van der Waals surface area contributed by atoms with Crippen molar-refractivity contribution in [1.82, 2.24) is 0 Å². The number of carboxylic acids is 2. The molecular formula is C16H16O8. The zero-order valence-corrected chi connectivity index (χ0v) is 12.6. The third-order valence-electron chi connectivity index (χ3n) is 3.49. The van der Waals surface area contributed by atoms with Crippen LogP contribution in [0.25, 0.3) is 0 Å². The van der Waals surface area contributed by atoms with Gasteiger partial charge in [0.05, 0.1) is 25.7 Å². The van der Waals surface area contributed by atoms with Gasteiger partial charge in [-0.15, -0.1) is 0 Å². The first-order valence-electron chi connectivity index (χ1n) is 7.30. The summed E-state index contributed by atoms with van der Waals surface area (Å²) in [6.07, 6.45) is -2.89. The molecule has 8 nitrogen and oxygen atoms in total. The molecule has 128 valence electrons. The van der Waals surface area contributed by atoms with Gasteiger partial charge in [0, 0.05) is 11.1 Å². The number of benzene rings is 1. The number of hydrogen-bond acceptors (Lipinski definition) is 6. The first-order valence-corrected chi connectivity index (χ1v) is 7.30. The molecular weight excluding hydrogens is 320 g/mol. The Morgan fingerprint density at radius 2 is 1.12 bits per heavy atom. The molecule has 2 rings (SSSR count). The molecule has 0 spiro atoms. The maximum absolute atomic E-state index is 11.7. The van der Waals surface area contributed by atoms with Gasteiger partial charge in [-0.05, 0) is 0 Å². The van der Waals surface area contributed by atoms with Crippen LogP contribution >= 0.6 is 0 Å². The summed E-state index contributed by atoms with van der Waals surface area (Å²) < 4.78 is 10.4. The van der Waals surface area contributed by atoms with E-state index >= 15 is 0 Å². The van der Waals surface area contributed by atoms with Crippen molar-refractivity contribution in [3.63, 3.8) is 0 Å². The number of carbonyl (C=O) groups is 4. The highest BCUT2D eigenvalue weighted by atomic mass is 16.6. The van der Waals surface area contributed by atoms with E-state index in [1.165, 1.54) is 0 Å². The van der Waals surface area contributed by atoms with Crippen molar-refractivity contribution in [1.29, 1.82) is 0 Å². The summed E-state index contributed by atoms with van der Waals surface area (Å²) in [5.41, 5.74) is 1.36. The molecule has 0 aliphatic heterocycles. The minimum Gasteiger partial charge on any atom is -0.481 e. The van der Waals surface area contributed by atoms with Gasteiger partial charge >= 0.3 is 23.9 Å². The van der Waals surface area contributed by atoms with Gasteiger partial charge in [-0.2, -0.15) is 0 Å². The lowest BCUT2D eigenvalue weighted by molar-refractivity contribution is -0.175. The van der Waals surface area contributed by atoms with Gasteiger partial charge in [-0.1, -0.05) is 24.3 Å². The van der Waals surface area contributed by atoms with Crippen molar-refractivity contribution in [2.45, 2.75) is 37.9 Å². The summed E-state index contributed by atoms with van der Waals surface area (Å²) in [4.78, 5) is 44.4. The summed E-state index contributed by atoms with van der Waals surface area (Å²) in [6, 6.07) is 6.90. The zero-order chi connectivity index (χ0) is 17.7. The Morgan fingerprint density at radius 3 is 1.46 bits per heavy atom. The standard InChI is InChI=1S/C16H16O8/c17-11(18)5-7-13(21)23-15-9-3-1-2-4-10(9)16(15)24-14(22)8-6-12(19)20/h1-4,15-16H,5-8H2,(H,17,18)(H,19,20)/t15-,16+. The molecule has 1 aliphatic rings. The van der Waals surface area contributed by atoms with Crippen molar-refractivity contribution < 1.29 is 38.9 Å². The largest absolute Gasteiger partial charge is 0.481 e. The van der Waals surface area contributed by atoms with Crippen molar-refractivity contribution >= 4 is 23.9 Å². The van der Waals surface area contributed by atoms with Crippen LogP contribution in [-0.4, -0.2) is 34.1 Å². The summed E-state index contributed by atoms with van der Waals surface area (Å²) >= 11 is 0. The third-order valence-corrected chi connectivity index (χ3v) is 3.49. The lowest BCUT2D eigenvalue weighted by atomic mass is 9.82. The first kappa shape index (κ1) is 17.5. The summed E-state index contributed by atoms with van der Waals surface area (Å²) in [5, 5.41) is 17.2. The predicted molar refractivity (Wildman–Crippen MR) is 77.8 cm³/mol. The Hall–Kier alpha value is -2.90. The van der Waals surface area contributed by atoms with Gasteiger partial charge in [-0.25, -0.2) is 0 Å². The number of esters is 2. The molecule has 0 fully saturated rings.